The summed E-state index contributed by atoms with van der Waals surface area (Å²) < 4.78 is 0. The third kappa shape index (κ3) is 6.43. The Bertz CT molecular complexity index is 1240. The molecule has 4 heteroatoms. The molecular weight excluding hydrogens is 450 g/mol. The molecule has 0 amide bonds. The van der Waals surface area contributed by atoms with Crippen LogP contribution in [-0.2, 0) is 0 Å². The SMILES string of the molecule is CN=C(N=C(N=Cc1ccccc1)C1CC[C@@H](c2cccc(Cl)c2)[C@H](C)C=C1C)c1ccccc1. The molecule has 178 valence electrons. The van der Waals surface area contributed by atoms with Gasteiger partial charge >= 0.3 is 0 Å². The van der Waals surface area contributed by atoms with Gasteiger partial charge in [-0.25, -0.2) is 9.98 Å². The van der Waals surface area contributed by atoms with E-state index >= 15 is 0 Å². The summed E-state index contributed by atoms with van der Waals surface area (Å²) in [5.41, 5.74) is 4.63. The zero-order chi connectivity index (χ0) is 24.6. The Balaban J connectivity index is 1.71. The fourth-order valence-corrected chi connectivity index (χ4v) is 5.04. The Labute approximate surface area is 214 Å². The fourth-order valence-electron chi connectivity index (χ4n) is 4.84. The van der Waals surface area contributed by atoms with Gasteiger partial charge in [0.15, 0.2) is 5.84 Å². The lowest BCUT2D eigenvalue weighted by Crippen LogP contribution is -2.17. The highest BCUT2D eigenvalue weighted by Gasteiger charge is 2.28. The molecule has 1 aliphatic rings. The average molecular weight is 482 g/mol. The van der Waals surface area contributed by atoms with Crippen molar-refractivity contribution in [2.45, 2.75) is 32.6 Å². The summed E-state index contributed by atoms with van der Waals surface area (Å²) in [7, 11) is 1.79. The molecule has 3 atom stereocenters. The maximum atomic E-state index is 6.32. The summed E-state index contributed by atoms with van der Waals surface area (Å²) in [6.07, 6.45) is 6.29. The van der Waals surface area contributed by atoms with E-state index in [1.807, 2.05) is 66.9 Å². The van der Waals surface area contributed by atoms with Gasteiger partial charge in [0.05, 0.1) is 0 Å². The van der Waals surface area contributed by atoms with E-state index in [1.54, 1.807) is 7.05 Å². The van der Waals surface area contributed by atoms with Gasteiger partial charge in [0.1, 0.15) is 5.84 Å². The zero-order valence-corrected chi connectivity index (χ0v) is 21.4. The van der Waals surface area contributed by atoms with Gasteiger partial charge in [-0.1, -0.05) is 103 Å². The number of hydrogen-bond donors (Lipinski definition) is 0. The van der Waals surface area contributed by atoms with E-state index in [0.717, 1.165) is 34.8 Å². The second-order valence-electron chi connectivity index (χ2n) is 9.11. The average Bonchev–Trinajstić information content (AvgIpc) is 3.03. The first-order valence-electron chi connectivity index (χ1n) is 12.2. The van der Waals surface area contributed by atoms with Crippen LogP contribution in [0.5, 0.6) is 0 Å². The lowest BCUT2D eigenvalue weighted by Gasteiger charge is -2.21. The Morgan fingerprint density at radius 2 is 1.63 bits per heavy atom. The smallest absolute Gasteiger partial charge is 0.156 e. The third-order valence-corrected chi connectivity index (χ3v) is 6.91. The summed E-state index contributed by atoms with van der Waals surface area (Å²) in [4.78, 5) is 14.5. The number of aliphatic imine (C=N–C) groups is 3. The number of rotatable bonds is 4. The molecule has 0 fully saturated rings. The van der Waals surface area contributed by atoms with E-state index < -0.39 is 0 Å². The van der Waals surface area contributed by atoms with Gasteiger partial charge in [0, 0.05) is 29.8 Å². The van der Waals surface area contributed by atoms with E-state index in [0.29, 0.717) is 17.7 Å². The number of nitrogens with zero attached hydrogens (tertiary/aromatic N) is 3. The quantitative estimate of drug-likeness (QED) is 0.205. The summed E-state index contributed by atoms with van der Waals surface area (Å²) in [6.45, 7) is 4.50. The van der Waals surface area contributed by atoms with Crippen molar-refractivity contribution >= 4 is 29.5 Å². The highest BCUT2D eigenvalue weighted by Crippen LogP contribution is 2.38. The van der Waals surface area contributed by atoms with E-state index in [4.69, 9.17) is 21.6 Å². The van der Waals surface area contributed by atoms with Gasteiger partial charge < -0.3 is 0 Å². The van der Waals surface area contributed by atoms with Gasteiger partial charge in [-0.3, -0.25) is 4.99 Å². The van der Waals surface area contributed by atoms with Crippen LogP contribution in [0.2, 0.25) is 5.02 Å². The molecular formula is C31H32ClN3. The van der Waals surface area contributed by atoms with Crippen molar-refractivity contribution in [3.8, 4) is 0 Å². The Kier molecular flexibility index (Phi) is 8.44. The number of hydrogen-bond acceptors (Lipinski definition) is 1. The molecule has 4 rings (SSSR count). The van der Waals surface area contributed by atoms with Crippen LogP contribution in [0.1, 0.15) is 49.3 Å². The van der Waals surface area contributed by atoms with Crippen molar-refractivity contribution in [1.29, 1.82) is 0 Å². The molecule has 3 nitrogen and oxygen atoms in total. The van der Waals surface area contributed by atoms with Crippen LogP contribution in [0, 0.1) is 11.8 Å². The predicted molar refractivity (Wildman–Crippen MR) is 150 cm³/mol. The molecule has 0 bridgehead atoms. The lowest BCUT2D eigenvalue weighted by atomic mass is 9.84. The van der Waals surface area contributed by atoms with Crippen molar-refractivity contribution < 1.29 is 0 Å². The zero-order valence-electron chi connectivity index (χ0n) is 20.6. The van der Waals surface area contributed by atoms with Gasteiger partial charge in [-0.15, -0.1) is 0 Å². The van der Waals surface area contributed by atoms with Crippen LogP contribution in [-0.4, -0.2) is 24.9 Å². The molecule has 0 radical (unpaired) electrons. The molecule has 0 N–H and O–H groups in total. The number of amidine groups is 2. The number of allylic oxidation sites excluding steroid dienone is 1. The monoisotopic (exact) mass is 481 g/mol. The first kappa shape index (κ1) is 24.8. The second-order valence-corrected chi connectivity index (χ2v) is 9.55. The Hall–Kier alpha value is -3.30. The van der Waals surface area contributed by atoms with Crippen molar-refractivity contribution in [1.82, 2.24) is 0 Å². The van der Waals surface area contributed by atoms with Crippen molar-refractivity contribution in [3.63, 3.8) is 0 Å². The van der Waals surface area contributed by atoms with Crippen molar-refractivity contribution in [2.24, 2.45) is 26.8 Å². The van der Waals surface area contributed by atoms with Crippen LogP contribution in [0.25, 0.3) is 0 Å². The van der Waals surface area contributed by atoms with E-state index in [2.05, 4.69) is 49.2 Å². The molecule has 35 heavy (non-hydrogen) atoms. The number of halogens is 1. The Morgan fingerprint density at radius 3 is 2.31 bits per heavy atom. The Morgan fingerprint density at radius 1 is 0.914 bits per heavy atom. The minimum atomic E-state index is 0.113. The predicted octanol–water partition coefficient (Wildman–Crippen LogP) is 8.01. The molecule has 0 aliphatic heterocycles. The second kappa shape index (κ2) is 11.9. The summed E-state index contributed by atoms with van der Waals surface area (Å²) in [6, 6.07) is 28.6. The minimum Gasteiger partial charge on any atom is -0.270 e. The first-order valence-corrected chi connectivity index (χ1v) is 12.6. The molecule has 0 saturated carbocycles. The van der Waals surface area contributed by atoms with E-state index in [1.165, 1.54) is 11.1 Å². The van der Waals surface area contributed by atoms with E-state index in [9.17, 15) is 0 Å². The van der Waals surface area contributed by atoms with Crippen molar-refractivity contribution in [3.05, 3.63) is 118 Å². The summed E-state index contributed by atoms with van der Waals surface area (Å²) in [5.74, 6) is 2.41. The highest BCUT2D eigenvalue weighted by atomic mass is 35.5. The van der Waals surface area contributed by atoms with Crippen LogP contribution >= 0.6 is 11.6 Å². The lowest BCUT2D eigenvalue weighted by molar-refractivity contribution is 0.497. The maximum Gasteiger partial charge on any atom is 0.156 e. The molecule has 0 aromatic heterocycles. The summed E-state index contributed by atoms with van der Waals surface area (Å²) in [5, 5.41) is 0.789. The number of benzene rings is 3. The molecule has 3 aromatic carbocycles. The fraction of sp³-hybridized carbons (Fsp3) is 0.258. The van der Waals surface area contributed by atoms with Crippen LogP contribution < -0.4 is 0 Å². The minimum absolute atomic E-state index is 0.113. The topological polar surface area (TPSA) is 37.1 Å². The molecule has 1 aliphatic carbocycles. The van der Waals surface area contributed by atoms with Crippen molar-refractivity contribution in [2.75, 3.05) is 7.05 Å². The van der Waals surface area contributed by atoms with Crippen LogP contribution in [0.4, 0.5) is 0 Å². The van der Waals surface area contributed by atoms with Gasteiger partial charge in [-0.2, -0.15) is 0 Å². The molecule has 0 saturated heterocycles. The molecule has 1 unspecified atom stereocenters. The maximum absolute atomic E-state index is 6.32. The highest BCUT2D eigenvalue weighted by molar-refractivity contribution is 6.30. The first-order chi connectivity index (χ1) is 17.0. The van der Waals surface area contributed by atoms with Gasteiger partial charge in [0.2, 0.25) is 0 Å². The molecule has 0 heterocycles. The van der Waals surface area contributed by atoms with Gasteiger partial charge in [-0.05, 0) is 54.9 Å². The van der Waals surface area contributed by atoms with Gasteiger partial charge in [0.25, 0.3) is 0 Å². The standard InChI is InChI=1S/C31H32ClN3/c1-22-19-23(2)29(18-17-28(22)26-15-10-16-27(32)20-26)31(34-21-24-11-6-4-7-12-24)35-30(33-3)25-13-8-5-9-14-25/h4-16,19-22,28-29H,17-18H2,1-3H3/t22-,28-,29?/m1/s1. The largest absolute Gasteiger partial charge is 0.270 e. The third-order valence-electron chi connectivity index (χ3n) is 6.67. The van der Waals surface area contributed by atoms with Crippen LogP contribution in [0.15, 0.2) is 112 Å². The van der Waals surface area contributed by atoms with E-state index in [-0.39, 0.29) is 5.92 Å². The normalized spacial score (nSPS) is 21.6. The molecule has 0 spiro atoms. The van der Waals surface area contributed by atoms with Crippen LogP contribution in [0.3, 0.4) is 0 Å². The summed E-state index contributed by atoms with van der Waals surface area (Å²) >= 11 is 6.32. The molecule has 3 aromatic rings.